The van der Waals surface area contributed by atoms with Crippen LogP contribution in [0.3, 0.4) is 0 Å². The van der Waals surface area contributed by atoms with Crippen LogP contribution in [0.5, 0.6) is 0 Å². The third kappa shape index (κ3) is 10.0. The molecule has 0 saturated carbocycles. The number of alkyl halides is 5. The number of benzene rings is 2. The molecule has 0 aliphatic carbocycles. The molecule has 0 amide bonds. The van der Waals surface area contributed by atoms with E-state index in [1.165, 1.54) is 19.2 Å². The number of allylic oxidation sites excluding steroid dienone is 5. The SMILES string of the molecule is CC/C(C)=C(/C=C\C(OC(F)F)=C(/C)c1cccc(N(C)CC(F)(F)F)c1)Cc1ccc(CNC)cc1. The Labute approximate surface area is 216 Å². The van der Waals surface area contributed by atoms with Crippen molar-refractivity contribution in [2.75, 3.05) is 25.5 Å². The standard InChI is InChI=1S/C29H35F5N2O/c1-6-20(2)24(16-22-10-12-23(13-11-22)18-35-4)14-15-27(37-28(30)31)21(3)25-8-7-9-26(17-25)36(5)19-29(32,33)34/h7-15,17,28,35H,6,16,18-19H2,1-5H3/b15-14-,24-20-,27-21-. The van der Waals surface area contributed by atoms with Crippen molar-refractivity contribution >= 4 is 11.3 Å². The smallest absolute Gasteiger partial charge is 0.405 e. The van der Waals surface area contributed by atoms with Crippen molar-refractivity contribution in [3.8, 4) is 0 Å². The first-order chi connectivity index (χ1) is 17.4. The fourth-order valence-corrected chi connectivity index (χ4v) is 3.78. The average Bonchev–Trinajstić information content (AvgIpc) is 2.84. The molecule has 2 rings (SSSR count). The lowest BCUT2D eigenvalue weighted by Gasteiger charge is -2.22. The summed E-state index contributed by atoms with van der Waals surface area (Å²) < 4.78 is 70.0. The van der Waals surface area contributed by atoms with Gasteiger partial charge in [-0.1, -0.05) is 55.0 Å². The molecule has 0 fully saturated rings. The number of anilines is 1. The van der Waals surface area contributed by atoms with E-state index in [0.29, 0.717) is 23.2 Å². The third-order valence-corrected chi connectivity index (χ3v) is 6.03. The van der Waals surface area contributed by atoms with Crippen LogP contribution in [-0.4, -0.2) is 33.4 Å². The highest BCUT2D eigenvalue weighted by atomic mass is 19.4. The van der Waals surface area contributed by atoms with Crippen molar-refractivity contribution < 1.29 is 26.7 Å². The summed E-state index contributed by atoms with van der Waals surface area (Å²) >= 11 is 0. The van der Waals surface area contributed by atoms with Crippen molar-refractivity contribution in [1.82, 2.24) is 5.32 Å². The number of hydrogen-bond donors (Lipinski definition) is 1. The summed E-state index contributed by atoms with van der Waals surface area (Å²) in [7, 11) is 3.22. The van der Waals surface area contributed by atoms with Gasteiger partial charge in [0, 0.05) is 19.3 Å². The number of hydrogen-bond acceptors (Lipinski definition) is 3. The topological polar surface area (TPSA) is 24.5 Å². The van der Waals surface area contributed by atoms with Crippen molar-refractivity contribution in [3.05, 3.63) is 94.3 Å². The van der Waals surface area contributed by atoms with Crippen LogP contribution in [0, 0.1) is 0 Å². The number of ether oxygens (including phenoxy) is 1. The highest BCUT2D eigenvalue weighted by Gasteiger charge is 2.29. The molecule has 0 spiro atoms. The van der Waals surface area contributed by atoms with Gasteiger partial charge in [-0.05, 0) is 79.8 Å². The first-order valence-electron chi connectivity index (χ1n) is 12.1. The molecule has 0 radical (unpaired) electrons. The van der Waals surface area contributed by atoms with Crippen molar-refractivity contribution in [2.45, 2.75) is 52.9 Å². The maximum atomic E-state index is 13.3. The van der Waals surface area contributed by atoms with Crippen LogP contribution in [0.1, 0.15) is 43.9 Å². The molecule has 0 atom stereocenters. The largest absolute Gasteiger partial charge is 0.435 e. The first-order valence-corrected chi connectivity index (χ1v) is 12.1. The predicted octanol–water partition coefficient (Wildman–Crippen LogP) is 7.90. The molecule has 1 N–H and O–H groups in total. The van der Waals surface area contributed by atoms with Crippen molar-refractivity contribution in [3.63, 3.8) is 0 Å². The molecule has 2 aromatic carbocycles. The van der Waals surface area contributed by atoms with Crippen molar-refractivity contribution in [2.24, 2.45) is 0 Å². The number of nitrogens with one attached hydrogen (secondary N) is 1. The van der Waals surface area contributed by atoms with Gasteiger partial charge in [0.25, 0.3) is 0 Å². The second-order valence-electron chi connectivity index (χ2n) is 8.91. The summed E-state index contributed by atoms with van der Waals surface area (Å²) in [6, 6.07) is 14.5. The predicted molar refractivity (Wildman–Crippen MR) is 140 cm³/mol. The molecule has 37 heavy (non-hydrogen) atoms. The highest BCUT2D eigenvalue weighted by molar-refractivity contribution is 5.71. The Kier molecular flexibility index (Phi) is 11.4. The second kappa shape index (κ2) is 14.0. The van der Waals surface area contributed by atoms with E-state index < -0.39 is 19.3 Å². The Balaban J connectivity index is 2.40. The lowest BCUT2D eigenvalue weighted by molar-refractivity contribution is -0.119. The van der Waals surface area contributed by atoms with Gasteiger partial charge in [-0.25, -0.2) is 0 Å². The molecule has 0 unspecified atom stereocenters. The van der Waals surface area contributed by atoms with E-state index in [9.17, 15) is 22.0 Å². The maximum Gasteiger partial charge on any atom is 0.405 e. The van der Waals surface area contributed by atoms with Crippen LogP contribution in [0.25, 0.3) is 5.57 Å². The van der Waals surface area contributed by atoms with Gasteiger partial charge in [0.15, 0.2) is 0 Å². The van der Waals surface area contributed by atoms with E-state index >= 15 is 0 Å². The lowest BCUT2D eigenvalue weighted by atomic mass is 9.97. The van der Waals surface area contributed by atoms with Gasteiger partial charge in [-0.15, -0.1) is 0 Å². The Morgan fingerprint density at radius 2 is 1.68 bits per heavy atom. The van der Waals surface area contributed by atoms with Crippen LogP contribution < -0.4 is 10.2 Å². The summed E-state index contributed by atoms with van der Waals surface area (Å²) in [5.41, 5.74) is 5.54. The van der Waals surface area contributed by atoms with Crippen LogP contribution in [-0.2, 0) is 17.7 Å². The summed E-state index contributed by atoms with van der Waals surface area (Å²) in [6.07, 6.45) is 0.335. The van der Waals surface area contributed by atoms with Crippen molar-refractivity contribution in [1.29, 1.82) is 0 Å². The van der Waals surface area contributed by atoms with E-state index in [-0.39, 0.29) is 5.76 Å². The number of rotatable bonds is 12. The maximum absolute atomic E-state index is 13.3. The molecule has 8 heteroatoms. The molecular formula is C29H35F5N2O. The van der Waals surface area contributed by atoms with Gasteiger partial charge < -0.3 is 15.0 Å². The average molecular weight is 523 g/mol. The Hall–Kier alpha value is -3.13. The Morgan fingerprint density at radius 3 is 2.24 bits per heavy atom. The summed E-state index contributed by atoms with van der Waals surface area (Å²) in [6.45, 7) is 2.23. The molecule has 0 heterocycles. The van der Waals surface area contributed by atoms with Gasteiger partial charge in [0.2, 0.25) is 0 Å². The van der Waals surface area contributed by atoms with Gasteiger partial charge in [-0.3, -0.25) is 0 Å². The van der Waals surface area contributed by atoms with E-state index in [1.807, 2.05) is 45.2 Å². The Bertz CT molecular complexity index is 1100. The minimum Gasteiger partial charge on any atom is -0.435 e. The number of halogens is 5. The van der Waals surface area contributed by atoms with Crippen LogP contribution in [0.4, 0.5) is 27.6 Å². The fraction of sp³-hybridized carbons (Fsp3) is 0.379. The zero-order valence-electron chi connectivity index (χ0n) is 21.9. The monoisotopic (exact) mass is 522 g/mol. The van der Waals surface area contributed by atoms with Gasteiger partial charge >= 0.3 is 12.8 Å². The summed E-state index contributed by atoms with van der Waals surface area (Å²) in [5.74, 6) is -0.0450. The van der Waals surface area contributed by atoms with Gasteiger partial charge in [0.05, 0.1) is 0 Å². The third-order valence-electron chi connectivity index (χ3n) is 6.03. The summed E-state index contributed by atoms with van der Waals surface area (Å²) in [5, 5.41) is 3.11. The van der Waals surface area contributed by atoms with Crippen LogP contribution in [0.2, 0.25) is 0 Å². The zero-order valence-corrected chi connectivity index (χ0v) is 21.9. The molecule has 0 bridgehead atoms. The second-order valence-corrected chi connectivity index (χ2v) is 8.91. The molecule has 0 saturated heterocycles. The molecule has 0 aromatic heterocycles. The molecule has 3 nitrogen and oxygen atoms in total. The summed E-state index contributed by atoms with van der Waals surface area (Å²) in [4.78, 5) is 1.06. The number of nitrogens with zero attached hydrogens (tertiary/aromatic N) is 1. The van der Waals surface area contributed by atoms with E-state index in [1.54, 1.807) is 31.2 Å². The highest BCUT2D eigenvalue weighted by Crippen LogP contribution is 2.28. The molecular weight excluding hydrogens is 487 g/mol. The molecule has 0 aliphatic rings. The molecule has 0 aliphatic heterocycles. The normalized spacial score (nSPS) is 13.6. The zero-order chi connectivity index (χ0) is 27.6. The van der Waals surface area contributed by atoms with E-state index in [4.69, 9.17) is 4.74 Å². The van der Waals surface area contributed by atoms with Crippen LogP contribution in [0.15, 0.2) is 77.6 Å². The molecule has 2 aromatic rings. The van der Waals surface area contributed by atoms with Gasteiger partial charge in [0.1, 0.15) is 12.3 Å². The van der Waals surface area contributed by atoms with E-state index in [2.05, 4.69) is 5.32 Å². The quantitative estimate of drug-likeness (QED) is 0.174. The van der Waals surface area contributed by atoms with Crippen LogP contribution >= 0.6 is 0 Å². The molecule has 202 valence electrons. The minimum absolute atomic E-state index is 0.0450. The van der Waals surface area contributed by atoms with E-state index in [0.717, 1.165) is 40.1 Å². The van der Waals surface area contributed by atoms with Gasteiger partial charge in [-0.2, -0.15) is 22.0 Å². The fourth-order valence-electron chi connectivity index (χ4n) is 3.78. The minimum atomic E-state index is -4.37. The first kappa shape index (κ1) is 30.1. The lowest BCUT2D eigenvalue weighted by Crippen LogP contribution is -2.30. The Morgan fingerprint density at radius 1 is 1.03 bits per heavy atom.